The number of nitrogens with zero attached hydrogens (tertiary/aromatic N) is 3. The highest BCUT2D eigenvalue weighted by Gasteiger charge is 2.39. The lowest BCUT2D eigenvalue weighted by Gasteiger charge is -2.38. The van der Waals surface area contributed by atoms with Gasteiger partial charge in [0, 0.05) is 44.2 Å². The first-order valence-electron chi connectivity index (χ1n) is 10.8. The van der Waals surface area contributed by atoms with Crippen LogP contribution >= 0.6 is 0 Å². The molecule has 5 rings (SSSR count). The number of benzene rings is 2. The lowest BCUT2D eigenvalue weighted by molar-refractivity contribution is 0.264. The molecular formula is C24H28N4O2S. The van der Waals surface area contributed by atoms with Gasteiger partial charge in [0.1, 0.15) is 4.90 Å². The van der Waals surface area contributed by atoms with Crippen LogP contribution in [0.3, 0.4) is 0 Å². The minimum Gasteiger partial charge on any atom is -0.316 e. The van der Waals surface area contributed by atoms with Crippen molar-refractivity contribution in [3.05, 3.63) is 83.2 Å². The van der Waals surface area contributed by atoms with Crippen molar-refractivity contribution in [2.75, 3.05) is 20.1 Å². The van der Waals surface area contributed by atoms with Crippen molar-refractivity contribution in [1.29, 1.82) is 0 Å². The van der Waals surface area contributed by atoms with Crippen molar-refractivity contribution in [2.45, 2.75) is 35.6 Å². The summed E-state index contributed by atoms with van der Waals surface area (Å²) >= 11 is 0. The average molecular weight is 437 g/mol. The summed E-state index contributed by atoms with van der Waals surface area (Å²) in [5, 5.41) is 7.51. The normalized spacial score (nSPS) is 21.7. The van der Waals surface area contributed by atoms with E-state index in [2.05, 4.69) is 58.9 Å². The molecule has 1 aromatic heterocycles. The molecule has 1 aliphatic heterocycles. The molecule has 6 nitrogen and oxygen atoms in total. The van der Waals surface area contributed by atoms with Gasteiger partial charge in [0.25, 0.3) is 0 Å². The molecule has 2 heterocycles. The van der Waals surface area contributed by atoms with Crippen molar-refractivity contribution >= 4 is 10.0 Å². The highest BCUT2D eigenvalue weighted by Crippen LogP contribution is 2.39. The van der Waals surface area contributed by atoms with Crippen LogP contribution in [0, 0.1) is 0 Å². The van der Waals surface area contributed by atoms with E-state index < -0.39 is 10.0 Å². The second-order valence-electron chi connectivity index (χ2n) is 8.72. The zero-order valence-electron chi connectivity index (χ0n) is 17.9. The van der Waals surface area contributed by atoms with Gasteiger partial charge < -0.3 is 5.32 Å². The number of aromatic nitrogens is 2. The van der Waals surface area contributed by atoms with Crippen molar-refractivity contribution in [3.63, 3.8) is 0 Å². The fourth-order valence-electron chi connectivity index (χ4n) is 4.94. The number of hydrogen-bond acceptors (Lipinski definition) is 4. The summed E-state index contributed by atoms with van der Waals surface area (Å²) < 4.78 is 28.7. The van der Waals surface area contributed by atoms with Crippen LogP contribution in [-0.4, -0.2) is 48.7 Å². The molecule has 7 heteroatoms. The van der Waals surface area contributed by atoms with E-state index >= 15 is 0 Å². The standard InChI is InChI=1S/C24H28N4O2S/c1-25-24-12-19-9-8-18(11-22(19)23(24)10-17-6-4-3-5-7-17)20-14-28(15-20)31(29,30)21-13-26-27(2)16-21/h3-9,11,13,16,20,23-25H,10,12,14-15H2,1-2H3. The Labute approximate surface area is 183 Å². The SMILES string of the molecule is CNC1Cc2ccc(C3CN(S(=O)(=O)c4cnn(C)c4)C3)cc2C1Cc1ccccc1. The third kappa shape index (κ3) is 3.71. The summed E-state index contributed by atoms with van der Waals surface area (Å²) in [7, 11) is 0.315. The molecule has 2 unspecified atom stereocenters. The van der Waals surface area contributed by atoms with E-state index in [1.807, 2.05) is 7.05 Å². The Balaban J connectivity index is 1.35. The van der Waals surface area contributed by atoms with Crippen molar-refractivity contribution < 1.29 is 8.42 Å². The Hall–Kier alpha value is -2.48. The summed E-state index contributed by atoms with van der Waals surface area (Å²) in [6, 6.07) is 17.8. The van der Waals surface area contributed by atoms with E-state index in [0.29, 0.717) is 25.0 Å². The molecule has 1 saturated heterocycles. The largest absolute Gasteiger partial charge is 0.316 e. The molecule has 1 N–H and O–H groups in total. The molecule has 2 aliphatic rings. The number of rotatable bonds is 6. The second-order valence-corrected chi connectivity index (χ2v) is 10.7. The molecule has 0 spiro atoms. The van der Waals surface area contributed by atoms with Gasteiger partial charge in [-0.1, -0.05) is 48.5 Å². The fourth-order valence-corrected chi connectivity index (χ4v) is 6.46. The number of fused-ring (bicyclic) bond motifs is 1. The third-order valence-corrected chi connectivity index (χ3v) is 8.59. The summed E-state index contributed by atoms with van der Waals surface area (Å²) in [5.41, 5.74) is 5.41. The summed E-state index contributed by atoms with van der Waals surface area (Å²) in [4.78, 5) is 0.266. The monoisotopic (exact) mass is 436 g/mol. The summed E-state index contributed by atoms with van der Waals surface area (Å²) in [6.45, 7) is 1.05. The molecule has 0 amide bonds. The van der Waals surface area contributed by atoms with Gasteiger partial charge in [-0.2, -0.15) is 9.40 Å². The first kappa shape index (κ1) is 20.4. The lowest BCUT2D eigenvalue weighted by Crippen LogP contribution is -2.48. The van der Waals surface area contributed by atoms with Crippen LogP contribution in [-0.2, 0) is 29.9 Å². The van der Waals surface area contributed by atoms with Gasteiger partial charge in [0.2, 0.25) is 10.0 Å². The quantitative estimate of drug-likeness (QED) is 0.645. The molecule has 162 valence electrons. The van der Waals surface area contributed by atoms with Crippen LogP contribution < -0.4 is 5.32 Å². The first-order valence-corrected chi connectivity index (χ1v) is 12.2. The highest BCUT2D eigenvalue weighted by molar-refractivity contribution is 7.89. The molecule has 0 radical (unpaired) electrons. The van der Waals surface area contributed by atoms with Gasteiger partial charge in [0.15, 0.2) is 0 Å². The van der Waals surface area contributed by atoms with Crippen molar-refractivity contribution in [3.8, 4) is 0 Å². The van der Waals surface area contributed by atoms with Gasteiger partial charge in [-0.25, -0.2) is 8.42 Å². The number of nitrogens with one attached hydrogen (secondary N) is 1. The maximum Gasteiger partial charge on any atom is 0.246 e. The molecule has 1 aliphatic carbocycles. The molecule has 31 heavy (non-hydrogen) atoms. The van der Waals surface area contributed by atoms with Gasteiger partial charge >= 0.3 is 0 Å². The van der Waals surface area contributed by atoms with Crippen molar-refractivity contribution in [1.82, 2.24) is 19.4 Å². The number of likely N-dealkylation sites (N-methyl/N-ethyl adjacent to an activating group) is 1. The van der Waals surface area contributed by atoms with Gasteiger partial charge in [-0.05, 0) is 42.1 Å². The predicted molar refractivity (Wildman–Crippen MR) is 121 cm³/mol. The smallest absolute Gasteiger partial charge is 0.246 e. The van der Waals surface area contributed by atoms with Gasteiger partial charge in [-0.3, -0.25) is 4.68 Å². The highest BCUT2D eigenvalue weighted by atomic mass is 32.2. The van der Waals surface area contributed by atoms with E-state index in [0.717, 1.165) is 12.8 Å². The molecule has 1 fully saturated rings. The van der Waals surface area contributed by atoms with Crippen LogP contribution in [0.4, 0.5) is 0 Å². The maximum absolute atomic E-state index is 12.8. The second kappa shape index (κ2) is 7.89. The van der Waals surface area contributed by atoms with Crippen molar-refractivity contribution in [2.24, 2.45) is 7.05 Å². The Morgan fingerprint density at radius 1 is 1.13 bits per heavy atom. The lowest BCUT2D eigenvalue weighted by atomic mass is 9.87. The number of aryl methyl sites for hydroxylation is 1. The zero-order valence-corrected chi connectivity index (χ0v) is 18.7. The van der Waals surface area contributed by atoms with Crippen LogP contribution in [0.2, 0.25) is 0 Å². The number of hydrogen-bond donors (Lipinski definition) is 1. The Kier molecular flexibility index (Phi) is 5.20. The van der Waals surface area contributed by atoms with Crippen LogP contribution in [0.5, 0.6) is 0 Å². The minimum atomic E-state index is -3.46. The first-order chi connectivity index (χ1) is 15.0. The predicted octanol–water partition coefficient (Wildman–Crippen LogP) is 2.68. The Morgan fingerprint density at radius 2 is 1.90 bits per heavy atom. The van der Waals surface area contributed by atoms with E-state index in [4.69, 9.17) is 0 Å². The molecule has 3 aromatic rings. The number of sulfonamides is 1. The minimum absolute atomic E-state index is 0.239. The fraction of sp³-hybridized carbons (Fsp3) is 0.375. The third-order valence-electron chi connectivity index (χ3n) is 6.80. The molecular weight excluding hydrogens is 408 g/mol. The van der Waals surface area contributed by atoms with Crippen LogP contribution in [0.15, 0.2) is 65.8 Å². The zero-order chi connectivity index (χ0) is 21.6. The van der Waals surface area contributed by atoms with E-state index in [-0.39, 0.29) is 10.8 Å². The van der Waals surface area contributed by atoms with Crippen LogP contribution in [0.1, 0.15) is 34.1 Å². The Morgan fingerprint density at radius 3 is 2.58 bits per heavy atom. The average Bonchev–Trinajstić information content (AvgIpc) is 3.32. The molecule has 0 bridgehead atoms. The van der Waals surface area contributed by atoms with Crippen LogP contribution in [0.25, 0.3) is 0 Å². The van der Waals surface area contributed by atoms with E-state index in [9.17, 15) is 8.42 Å². The maximum atomic E-state index is 12.8. The van der Waals surface area contributed by atoms with Gasteiger partial charge in [0.05, 0.1) is 6.20 Å². The molecule has 2 aromatic carbocycles. The van der Waals surface area contributed by atoms with E-state index in [1.165, 1.54) is 33.1 Å². The Bertz CT molecular complexity index is 1180. The molecule has 0 saturated carbocycles. The summed E-state index contributed by atoms with van der Waals surface area (Å²) in [5.74, 6) is 0.667. The van der Waals surface area contributed by atoms with Gasteiger partial charge in [-0.15, -0.1) is 0 Å². The topological polar surface area (TPSA) is 67.2 Å². The summed E-state index contributed by atoms with van der Waals surface area (Å²) in [6.07, 6.45) is 5.03. The van der Waals surface area contributed by atoms with E-state index in [1.54, 1.807) is 17.5 Å². The molecule has 2 atom stereocenters.